The van der Waals surface area contributed by atoms with Crippen molar-refractivity contribution >= 4 is 34.1 Å². The summed E-state index contributed by atoms with van der Waals surface area (Å²) in [4.78, 5) is 4.30. The molecule has 0 radical (unpaired) electrons. The normalized spacial score (nSPS) is 10.6. The number of alkyl halides is 1. The molecule has 2 aromatic rings. The Balaban J connectivity index is 2.85. The molecule has 19 heavy (non-hydrogen) atoms. The van der Waals surface area contributed by atoms with Gasteiger partial charge >= 0.3 is 0 Å². The van der Waals surface area contributed by atoms with Crippen LogP contribution < -0.4 is 14.2 Å². The van der Waals surface area contributed by atoms with E-state index in [0.29, 0.717) is 27.9 Å². The number of ether oxygens (including phenoxy) is 3. The summed E-state index contributed by atoms with van der Waals surface area (Å²) in [5.74, 6) is 1.88. The van der Waals surface area contributed by atoms with E-state index in [0.717, 1.165) is 10.9 Å². The molecule has 0 fully saturated rings. The van der Waals surface area contributed by atoms with Gasteiger partial charge in [-0.3, -0.25) is 0 Å². The molecular weight excluding hydrogens is 289 g/mol. The van der Waals surface area contributed by atoms with E-state index in [-0.39, 0.29) is 5.88 Å². The van der Waals surface area contributed by atoms with Gasteiger partial charge in [0.2, 0.25) is 5.75 Å². The number of halogens is 2. The highest BCUT2D eigenvalue weighted by molar-refractivity contribution is 6.31. The third kappa shape index (κ3) is 2.38. The molecule has 102 valence electrons. The molecule has 0 aliphatic carbocycles. The molecule has 1 aromatic carbocycles. The van der Waals surface area contributed by atoms with Crippen molar-refractivity contribution in [1.29, 1.82) is 0 Å². The zero-order valence-corrected chi connectivity index (χ0v) is 12.3. The fraction of sp³-hybridized carbons (Fsp3) is 0.308. The van der Waals surface area contributed by atoms with Crippen LogP contribution in [0.1, 0.15) is 5.56 Å². The standard InChI is InChI=1S/C13H13Cl2NO3/c1-17-10-5-9-8(11(18-2)12(10)19-3)4-7(6-14)13(15)16-9/h4-5H,6H2,1-3H3. The number of benzene rings is 1. The Hall–Kier alpha value is -1.39. The maximum absolute atomic E-state index is 6.06. The first-order valence-electron chi connectivity index (χ1n) is 5.50. The molecule has 0 unspecified atom stereocenters. The highest BCUT2D eigenvalue weighted by atomic mass is 35.5. The second-order valence-electron chi connectivity index (χ2n) is 3.78. The van der Waals surface area contributed by atoms with Gasteiger partial charge in [0.15, 0.2) is 11.5 Å². The number of hydrogen-bond acceptors (Lipinski definition) is 4. The average Bonchev–Trinajstić information content (AvgIpc) is 2.44. The van der Waals surface area contributed by atoms with Gasteiger partial charge in [0.05, 0.1) is 32.7 Å². The molecule has 2 rings (SSSR count). The summed E-state index contributed by atoms with van der Waals surface area (Å²) in [7, 11) is 4.67. The first-order valence-corrected chi connectivity index (χ1v) is 6.41. The van der Waals surface area contributed by atoms with E-state index < -0.39 is 0 Å². The summed E-state index contributed by atoms with van der Waals surface area (Å²) < 4.78 is 16.0. The third-order valence-electron chi connectivity index (χ3n) is 2.79. The van der Waals surface area contributed by atoms with Gasteiger partial charge in [0.1, 0.15) is 5.15 Å². The van der Waals surface area contributed by atoms with Crippen molar-refractivity contribution in [2.24, 2.45) is 0 Å². The predicted octanol–water partition coefficient (Wildman–Crippen LogP) is 3.65. The van der Waals surface area contributed by atoms with Crippen LogP contribution in [-0.2, 0) is 5.88 Å². The number of pyridine rings is 1. The third-order valence-corrected chi connectivity index (χ3v) is 3.41. The van der Waals surface area contributed by atoms with Crippen LogP contribution in [0.4, 0.5) is 0 Å². The summed E-state index contributed by atoms with van der Waals surface area (Å²) in [5, 5.41) is 1.15. The van der Waals surface area contributed by atoms with Crippen molar-refractivity contribution in [3.8, 4) is 17.2 Å². The van der Waals surface area contributed by atoms with Gasteiger partial charge in [0, 0.05) is 17.0 Å². The Labute approximate surface area is 121 Å². The van der Waals surface area contributed by atoms with Crippen LogP contribution in [0.5, 0.6) is 17.2 Å². The molecule has 0 bridgehead atoms. The minimum absolute atomic E-state index is 0.277. The van der Waals surface area contributed by atoms with Gasteiger partial charge in [-0.1, -0.05) is 11.6 Å². The van der Waals surface area contributed by atoms with Crippen molar-refractivity contribution in [2.45, 2.75) is 5.88 Å². The molecule has 0 spiro atoms. The van der Waals surface area contributed by atoms with E-state index in [1.54, 1.807) is 27.4 Å². The number of hydrogen-bond donors (Lipinski definition) is 0. The van der Waals surface area contributed by atoms with E-state index >= 15 is 0 Å². The zero-order chi connectivity index (χ0) is 14.0. The molecule has 0 aliphatic heterocycles. The average molecular weight is 302 g/mol. The highest BCUT2D eigenvalue weighted by Gasteiger charge is 2.18. The van der Waals surface area contributed by atoms with Crippen LogP contribution in [0.25, 0.3) is 10.9 Å². The molecule has 0 N–H and O–H groups in total. The molecule has 1 aromatic heterocycles. The first kappa shape index (κ1) is 14.0. The largest absolute Gasteiger partial charge is 0.493 e. The number of fused-ring (bicyclic) bond motifs is 1. The lowest BCUT2D eigenvalue weighted by molar-refractivity contribution is 0.327. The Morgan fingerprint density at radius 2 is 1.74 bits per heavy atom. The monoisotopic (exact) mass is 301 g/mol. The Bertz CT molecular complexity index is 617. The van der Waals surface area contributed by atoms with Crippen LogP contribution >= 0.6 is 23.2 Å². The second-order valence-corrected chi connectivity index (χ2v) is 4.41. The topological polar surface area (TPSA) is 40.6 Å². The molecule has 4 nitrogen and oxygen atoms in total. The zero-order valence-electron chi connectivity index (χ0n) is 10.8. The van der Waals surface area contributed by atoms with Gasteiger partial charge in [-0.15, -0.1) is 11.6 Å². The maximum atomic E-state index is 6.06. The van der Waals surface area contributed by atoms with Gasteiger partial charge < -0.3 is 14.2 Å². The van der Waals surface area contributed by atoms with E-state index in [4.69, 9.17) is 37.4 Å². The minimum atomic E-state index is 0.277. The summed E-state index contributed by atoms with van der Waals surface area (Å²) in [6.45, 7) is 0. The first-order chi connectivity index (χ1) is 9.15. The van der Waals surface area contributed by atoms with Crippen LogP contribution in [0.3, 0.4) is 0 Å². The van der Waals surface area contributed by atoms with Crippen molar-refractivity contribution in [3.63, 3.8) is 0 Å². The molecule has 0 amide bonds. The summed E-state index contributed by atoms with van der Waals surface area (Å²) >= 11 is 11.9. The fourth-order valence-electron chi connectivity index (χ4n) is 1.90. The molecular formula is C13H13Cl2NO3. The maximum Gasteiger partial charge on any atom is 0.204 e. The molecule has 6 heteroatoms. The summed E-state index contributed by atoms with van der Waals surface area (Å²) in [6.07, 6.45) is 0. The second kappa shape index (κ2) is 5.72. The predicted molar refractivity (Wildman–Crippen MR) is 76.0 cm³/mol. The molecule has 1 heterocycles. The van der Waals surface area contributed by atoms with Gasteiger partial charge in [0.25, 0.3) is 0 Å². The number of methoxy groups -OCH3 is 3. The smallest absolute Gasteiger partial charge is 0.204 e. The van der Waals surface area contributed by atoms with Crippen LogP contribution in [0.15, 0.2) is 12.1 Å². The lowest BCUT2D eigenvalue weighted by Gasteiger charge is -2.15. The number of aromatic nitrogens is 1. The van der Waals surface area contributed by atoms with E-state index in [1.807, 2.05) is 6.07 Å². The molecule has 0 saturated carbocycles. The fourth-order valence-corrected chi connectivity index (χ4v) is 2.39. The molecule has 0 saturated heterocycles. The lowest BCUT2D eigenvalue weighted by Crippen LogP contribution is -1.98. The Morgan fingerprint density at radius 3 is 2.26 bits per heavy atom. The van der Waals surface area contributed by atoms with E-state index in [2.05, 4.69) is 4.98 Å². The summed E-state index contributed by atoms with van der Waals surface area (Å²) in [5.41, 5.74) is 1.40. The minimum Gasteiger partial charge on any atom is -0.493 e. The van der Waals surface area contributed by atoms with Gasteiger partial charge in [-0.25, -0.2) is 4.98 Å². The highest BCUT2D eigenvalue weighted by Crippen LogP contribution is 2.43. The van der Waals surface area contributed by atoms with E-state index in [9.17, 15) is 0 Å². The van der Waals surface area contributed by atoms with Gasteiger partial charge in [-0.2, -0.15) is 0 Å². The molecule has 0 aliphatic rings. The van der Waals surface area contributed by atoms with Crippen molar-refractivity contribution in [3.05, 3.63) is 22.8 Å². The number of rotatable bonds is 4. The Kier molecular flexibility index (Phi) is 4.22. The lowest BCUT2D eigenvalue weighted by atomic mass is 10.1. The number of nitrogens with zero attached hydrogens (tertiary/aromatic N) is 1. The van der Waals surface area contributed by atoms with Crippen molar-refractivity contribution < 1.29 is 14.2 Å². The van der Waals surface area contributed by atoms with Crippen LogP contribution in [0, 0.1) is 0 Å². The Morgan fingerprint density at radius 1 is 1.05 bits per heavy atom. The van der Waals surface area contributed by atoms with Gasteiger partial charge in [-0.05, 0) is 6.07 Å². The van der Waals surface area contributed by atoms with Crippen molar-refractivity contribution in [1.82, 2.24) is 4.98 Å². The quantitative estimate of drug-likeness (QED) is 0.638. The van der Waals surface area contributed by atoms with E-state index in [1.165, 1.54) is 0 Å². The van der Waals surface area contributed by atoms with Crippen LogP contribution in [0.2, 0.25) is 5.15 Å². The van der Waals surface area contributed by atoms with Crippen LogP contribution in [-0.4, -0.2) is 26.3 Å². The summed E-state index contributed by atoms with van der Waals surface area (Å²) in [6, 6.07) is 3.60. The van der Waals surface area contributed by atoms with Crippen molar-refractivity contribution in [2.75, 3.05) is 21.3 Å². The molecule has 0 atom stereocenters. The SMILES string of the molecule is COc1cc2nc(Cl)c(CCl)cc2c(OC)c1OC.